The van der Waals surface area contributed by atoms with Crippen LogP contribution in [0.2, 0.25) is 0 Å². The first-order valence-corrected chi connectivity index (χ1v) is 8.42. The van der Waals surface area contributed by atoms with Gasteiger partial charge in [0.15, 0.2) is 0 Å². The molecule has 0 bridgehead atoms. The van der Waals surface area contributed by atoms with Crippen molar-refractivity contribution in [3.05, 3.63) is 70.8 Å². The Balaban J connectivity index is 1.66. The lowest BCUT2D eigenvalue weighted by molar-refractivity contribution is 0.0908. The van der Waals surface area contributed by atoms with Crippen molar-refractivity contribution in [2.75, 3.05) is 0 Å². The van der Waals surface area contributed by atoms with Crippen LogP contribution in [0.5, 0.6) is 0 Å². The highest BCUT2D eigenvalue weighted by atomic mass is 16.3. The van der Waals surface area contributed by atoms with E-state index in [2.05, 4.69) is 62.4 Å². The van der Waals surface area contributed by atoms with Crippen molar-refractivity contribution in [3.63, 3.8) is 0 Å². The van der Waals surface area contributed by atoms with Crippen LogP contribution in [0.4, 0.5) is 0 Å². The SMILES string of the molecule is Cc1ccccc1CC1CCC(Cc2ccccc2C)C1O. The van der Waals surface area contributed by atoms with Crippen LogP contribution >= 0.6 is 0 Å². The second-order valence-electron chi connectivity index (χ2n) is 6.85. The molecule has 0 aromatic heterocycles. The molecule has 1 heteroatoms. The molecular formula is C21H26O. The summed E-state index contributed by atoms with van der Waals surface area (Å²) in [5.74, 6) is 0.824. The molecule has 2 aromatic carbocycles. The van der Waals surface area contributed by atoms with Gasteiger partial charge in [-0.25, -0.2) is 0 Å². The number of aliphatic hydroxyl groups is 1. The van der Waals surface area contributed by atoms with Crippen molar-refractivity contribution in [1.29, 1.82) is 0 Å². The van der Waals surface area contributed by atoms with Crippen molar-refractivity contribution in [2.45, 2.75) is 45.6 Å². The number of hydrogen-bond acceptors (Lipinski definition) is 1. The summed E-state index contributed by atoms with van der Waals surface area (Å²) in [6.07, 6.45) is 4.15. The first-order chi connectivity index (χ1) is 10.6. The standard InChI is InChI=1S/C21H26O/c1-15-7-3-5-9-17(15)13-19-11-12-20(21(19)22)14-18-10-6-4-8-16(18)2/h3-10,19-22H,11-14H2,1-2H3. The monoisotopic (exact) mass is 294 g/mol. The Kier molecular flexibility index (Phi) is 4.63. The van der Waals surface area contributed by atoms with Gasteiger partial charge in [-0.1, -0.05) is 48.5 Å². The van der Waals surface area contributed by atoms with Crippen LogP contribution in [-0.4, -0.2) is 11.2 Å². The van der Waals surface area contributed by atoms with E-state index in [0.29, 0.717) is 11.8 Å². The molecule has 0 saturated heterocycles. The van der Waals surface area contributed by atoms with E-state index in [9.17, 15) is 5.11 Å². The summed E-state index contributed by atoms with van der Waals surface area (Å²) in [6, 6.07) is 17.1. The molecule has 2 unspecified atom stereocenters. The molecule has 1 saturated carbocycles. The molecule has 0 radical (unpaired) electrons. The Morgan fingerprint density at radius 2 is 1.18 bits per heavy atom. The van der Waals surface area contributed by atoms with E-state index in [0.717, 1.165) is 25.7 Å². The summed E-state index contributed by atoms with van der Waals surface area (Å²) < 4.78 is 0. The predicted molar refractivity (Wildman–Crippen MR) is 92.0 cm³/mol. The van der Waals surface area contributed by atoms with Crippen molar-refractivity contribution in [1.82, 2.24) is 0 Å². The van der Waals surface area contributed by atoms with Gasteiger partial charge in [0.2, 0.25) is 0 Å². The molecule has 0 heterocycles. The molecule has 1 fully saturated rings. The molecule has 0 aliphatic heterocycles. The first-order valence-electron chi connectivity index (χ1n) is 8.42. The Hall–Kier alpha value is -1.60. The van der Waals surface area contributed by atoms with E-state index in [4.69, 9.17) is 0 Å². The zero-order valence-electron chi connectivity index (χ0n) is 13.6. The third-order valence-corrected chi connectivity index (χ3v) is 5.36. The summed E-state index contributed by atoms with van der Waals surface area (Å²) in [6.45, 7) is 4.34. The second-order valence-corrected chi connectivity index (χ2v) is 6.85. The molecule has 3 rings (SSSR count). The molecular weight excluding hydrogens is 268 g/mol. The average molecular weight is 294 g/mol. The molecule has 2 atom stereocenters. The lowest BCUT2D eigenvalue weighted by Crippen LogP contribution is -2.24. The van der Waals surface area contributed by atoms with E-state index in [-0.39, 0.29) is 6.10 Å². The van der Waals surface area contributed by atoms with Crippen LogP contribution in [0.3, 0.4) is 0 Å². The number of hydrogen-bond donors (Lipinski definition) is 1. The van der Waals surface area contributed by atoms with Gasteiger partial charge >= 0.3 is 0 Å². The molecule has 2 aromatic rings. The lowest BCUT2D eigenvalue weighted by Gasteiger charge is -2.21. The largest absolute Gasteiger partial charge is 0.393 e. The molecule has 116 valence electrons. The Bertz CT molecular complexity index is 576. The van der Waals surface area contributed by atoms with Crippen molar-refractivity contribution < 1.29 is 5.11 Å². The van der Waals surface area contributed by atoms with Gasteiger partial charge in [0.05, 0.1) is 6.10 Å². The number of aliphatic hydroxyl groups excluding tert-OH is 1. The Morgan fingerprint density at radius 3 is 1.59 bits per heavy atom. The van der Waals surface area contributed by atoms with E-state index in [1.54, 1.807) is 0 Å². The molecule has 1 aliphatic carbocycles. The average Bonchev–Trinajstić information content (AvgIpc) is 2.85. The zero-order chi connectivity index (χ0) is 15.5. The topological polar surface area (TPSA) is 20.2 Å². The van der Waals surface area contributed by atoms with Gasteiger partial charge in [0, 0.05) is 0 Å². The molecule has 1 N–H and O–H groups in total. The predicted octanol–water partition coefficient (Wildman–Crippen LogP) is 4.48. The number of aryl methyl sites for hydroxylation is 2. The highest BCUT2D eigenvalue weighted by molar-refractivity contribution is 5.28. The van der Waals surface area contributed by atoms with Gasteiger partial charge < -0.3 is 5.11 Å². The summed E-state index contributed by atoms with van der Waals surface area (Å²) in [4.78, 5) is 0. The van der Waals surface area contributed by atoms with E-state index in [1.165, 1.54) is 22.3 Å². The van der Waals surface area contributed by atoms with Crippen LogP contribution in [-0.2, 0) is 12.8 Å². The van der Waals surface area contributed by atoms with Gasteiger partial charge in [-0.3, -0.25) is 0 Å². The van der Waals surface area contributed by atoms with E-state index < -0.39 is 0 Å². The number of benzene rings is 2. The molecule has 0 amide bonds. The number of rotatable bonds is 4. The fourth-order valence-corrected chi connectivity index (χ4v) is 3.84. The molecule has 22 heavy (non-hydrogen) atoms. The van der Waals surface area contributed by atoms with Crippen molar-refractivity contribution in [2.24, 2.45) is 11.8 Å². The minimum Gasteiger partial charge on any atom is -0.393 e. The maximum Gasteiger partial charge on any atom is 0.0602 e. The third kappa shape index (κ3) is 3.25. The molecule has 1 aliphatic rings. The summed E-state index contributed by atoms with van der Waals surface area (Å²) in [5, 5.41) is 10.8. The minimum atomic E-state index is -0.167. The van der Waals surface area contributed by atoms with Crippen molar-refractivity contribution in [3.8, 4) is 0 Å². The highest BCUT2D eigenvalue weighted by Crippen LogP contribution is 2.36. The van der Waals surface area contributed by atoms with E-state index in [1.807, 2.05) is 0 Å². The molecule has 0 spiro atoms. The van der Waals surface area contributed by atoms with Crippen molar-refractivity contribution >= 4 is 0 Å². The highest BCUT2D eigenvalue weighted by Gasteiger charge is 2.34. The van der Waals surface area contributed by atoms with E-state index >= 15 is 0 Å². The minimum absolute atomic E-state index is 0.167. The summed E-state index contributed by atoms with van der Waals surface area (Å²) in [7, 11) is 0. The van der Waals surface area contributed by atoms with Crippen LogP contribution in [0, 0.1) is 25.7 Å². The Labute approximate surface area is 134 Å². The zero-order valence-corrected chi connectivity index (χ0v) is 13.6. The third-order valence-electron chi connectivity index (χ3n) is 5.36. The van der Waals surface area contributed by atoms with Crippen LogP contribution in [0.15, 0.2) is 48.5 Å². The fourth-order valence-electron chi connectivity index (χ4n) is 3.84. The van der Waals surface area contributed by atoms with Gasteiger partial charge in [-0.05, 0) is 73.6 Å². The second kappa shape index (κ2) is 6.66. The summed E-state index contributed by atoms with van der Waals surface area (Å²) in [5.41, 5.74) is 5.47. The smallest absolute Gasteiger partial charge is 0.0602 e. The van der Waals surface area contributed by atoms with Crippen LogP contribution < -0.4 is 0 Å². The summed E-state index contributed by atoms with van der Waals surface area (Å²) >= 11 is 0. The van der Waals surface area contributed by atoms with Crippen LogP contribution in [0.25, 0.3) is 0 Å². The van der Waals surface area contributed by atoms with Crippen LogP contribution in [0.1, 0.15) is 35.1 Å². The maximum absolute atomic E-state index is 10.8. The Morgan fingerprint density at radius 1 is 0.773 bits per heavy atom. The van der Waals surface area contributed by atoms with Gasteiger partial charge in [0.25, 0.3) is 0 Å². The lowest BCUT2D eigenvalue weighted by atomic mass is 9.89. The van der Waals surface area contributed by atoms with Gasteiger partial charge in [0.1, 0.15) is 0 Å². The molecule has 1 nitrogen and oxygen atoms in total. The van der Waals surface area contributed by atoms with Gasteiger partial charge in [-0.15, -0.1) is 0 Å². The first kappa shape index (κ1) is 15.3. The normalized spacial score (nSPS) is 24.6. The quantitative estimate of drug-likeness (QED) is 0.881. The maximum atomic E-state index is 10.8. The van der Waals surface area contributed by atoms with Gasteiger partial charge in [-0.2, -0.15) is 0 Å². The fraction of sp³-hybridized carbons (Fsp3) is 0.429.